The van der Waals surface area contributed by atoms with Crippen molar-refractivity contribution in [3.8, 4) is 0 Å². The largest absolute Gasteiger partial charge is 0.317 e. The predicted molar refractivity (Wildman–Crippen MR) is 84.9 cm³/mol. The average molecular weight is 316 g/mol. The molecule has 0 aliphatic carbocycles. The summed E-state index contributed by atoms with van der Waals surface area (Å²) in [5.41, 5.74) is 1.27. The van der Waals surface area contributed by atoms with E-state index in [1.807, 2.05) is 20.8 Å². The van der Waals surface area contributed by atoms with Crippen LogP contribution in [0.5, 0.6) is 0 Å². The van der Waals surface area contributed by atoms with Crippen LogP contribution in [0, 0.1) is 13.8 Å². The highest BCUT2D eigenvalue weighted by atomic mass is 32.2. The summed E-state index contributed by atoms with van der Waals surface area (Å²) in [6.07, 6.45) is 1.68. The van der Waals surface area contributed by atoms with Gasteiger partial charge < -0.3 is 5.32 Å². The smallest absolute Gasteiger partial charge is 0.244 e. The van der Waals surface area contributed by atoms with Crippen molar-refractivity contribution in [2.75, 3.05) is 13.1 Å². The summed E-state index contributed by atoms with van der Waals surface area (Å²) in [7, 11) is -3.50. The molecule has 0 saturated heterocycles. The minimum absolute atomic E-state index is 0.0779. The number of aryl methyl sites for hydroxylation is 2. The quantitative estimate of drug-likeness (QED) is 0.678. The van der Waals surface area contributed by atoms with Gasteiger partial charge in [0.25, 0.3) is 0 Å². The van der Waals surface area contributed by atoms with E-state index < -0.39 is 10.0 Å². The van der Waals surface area contributed by atoms with Gasteiger partial charge in [-0.05, 0) is 46.7 Å². The zero-order valence-corrected chi connectivity index (χ0v) is 14.5. The average Bonchev–Trinajstić information content (AvgIpc) is 2.69. The summed E-state index contributed by atoms with van der Waals surface area (Å²) in [4.78, 5) is 0.325. The second-order valence-electron chi connectivity index (χ2n) is 5.36. The van der Waals surface area contributed by atoms with Gasteiger partial charge in [-0.3, -0.25) is 4.68 Å². The third-order valence-electron chi connectivity index (χ3n) is 3.53. The summed E-state index contributed by atoms with van der Waals surface area (Å²) in [6, 6.07) is -0.0779. The molecule has 0 saturated carbocycles. The number of hydrogen-bond donors (Lipinski definition) is 2. The first-order valence-corrected chi connectivity index (χ1v) is 9.08. The molecule has 1 atom stereocenters. The first-order chi connectivity index (χ1) is 9.83. The van der Waals surface area contributed by atoms with Crippen LogP contribution in [0.4, 0.5) is 0 Å². The normalized spacial score (nSPS) is 13.6. The molecule has 6 nitrogen and oxygen atoms in total. The van der Waals surface area contributed by atoms with Crippen molar-refractivity contribution < 1.29 is 8.42 Å². The fourth-order valence-corrected chi connectivity index (χ4v) is 3.96. The Kier molecular flexibility index (Phi) is 6.83. The van der Waals surface area contributed by atoms with Crippen molar-refractivity contribution in [1.82, 2.24) is 19.8 Å². The fraction of sp³-hybridized carbons (Fsp3) is 0.786. The Balaban J connectivity index is 2.91. The number of nitrogens with one attached hydrogen (secondary N) is 2. The van der Waals surface area contributed by atoms with Crippen LogP contribution in [0.1, 0.15) is 45.0 Å². The maximum absolute atomic E-state index is 12.5. The van der Waals surface area contributed by atoms with Crippen LogP contribution in [0.2, 0.25) is 0 Å². The van der Waals surface area contributed by atoms with Crippen molar-refractivity contribution in [2.45, 2.75) is 64.9 Å². The standard InChI is InChI=1S/C14H28N4O2S/c1-6-11(3)17-21(19,20)14-12(4)16-18(13(14)5)10-8-9-15-7-2/h11,15,17H,6-10H2,1-5H3. The van der Waals surface area contributed by atoms with Crippen LogP contribution in [-0.2, 0) is 16.6 Å². The fourth-order valence-electron chi connectivity index (χ4n) is 2.22. The molecule has 0 fully saturated rings. The Morgan fingerprint density at radius 2 is 1.95 bits per heavy atom. The van der Waals surface area contributed by atoms with E-state index in [0.29, 0.717) is 16.3 Å². The molecule has 1 aromatic rings. The van der Waals surface area contributed by atoms with Gasteiger partial charge in [0.1, 0.15) is 4.90 Å². The van der Waals surface area contributed by atoms with Crippen molar-refractivity contribution in [2.24, 2.45) is 0 Å². The van der Waals surface area contributed by atoms with Gasteiger partial charge >= 0.3 is 0 Å². The lowest BCUT2D eigenvalue weighted by Crippen LogP contribution is -2.32. The second-order valence-corrected chi connectivity index (χ2v) is 7.01. The third kappa shape index (κ3) is 4.79. The molecule has 2 N–H and O–H groups in total. The monoisotopic (exact) mass is 316 g/mol. The number of rotatable bonds is 9. The van der Waals surface area contributed by atoms with Gasteiger partial charge in [-0.2, -0.15) is 5.10 Å². The molecule has 1 heterocycles. The van der Waals surface area contributed by atoms with Crippen molar-refractivity contribution in [1.29, 1.82) is 0 Å². The van der Waals surface area contributed by atoms with Crippen LogP contribution < -0.4 is 10.0 Å². The topological polar surface area (TPSA) is 76.0 Å². The van der Waals surface area contributed by atoms with Gasteiger partial charge in [-0.1, -0.05) is 13.8 Å². The Morgan fingerprint density at radius 3 is 2.52 bits per heavy atom. The number of nitrogens with zero attached hydrogens (tertiary/aromatic N) is 2. The number of aromatic nitrogens is 2. The van der Waals surface area contributed by atoms with Gasteiger partial charge in [-0.25, -0.2) is 13.1 Å². The summed E-state index contributed by atoms with van der Waals surface area (Å²) in [6.45, 7) is 12.0. The van der Waals surface area contributed by atoms with Crippen molar-refractivity contribution in [3.05, 3.63) is 11.4 Å². The second kappa shape index (κ2) is 7.91. The molecule has 0 radical (unpaired) electrons. The van der Waals surface area contributed by atoms with Gasteiger partial charge in [0.2, 0.25) is 10.0 Å². The first kappa shape index (κ1) is 18.1. The third-order valence-corrected chi connectivity index (χ3v) is 5.37. The SMILES string of the molecule is CCNCCCn1nc(C)c(S(=O)(=O)NC(C)CC)c1C. The Morgan fingerprint density at radius 1 is 1.29 bits per heavy atom. The molecule has 1 aromatic heterocycles. The van der Waals surface area contributed by atoms with Gasteiger partial charge in [0, 0.05) is 12.6 Å². The molecule has 0 aliphatic rings. The van der Waals surface area contributed by atoms with Crippen molar-refractivity contribution >= 4 is 10.0 Å². The van der Waals surface area contributed by atoms with Crippen LogP contribution in [0.15, 0.2) is 4.90 Å². The molecule has 122 valence electrons. The van der Waals surface area contributed by atoms with Gasteiger partial charge in [0.15, 0.2) is 0 Å². The Bertz CT molecular complexity index is 552. The molecule has 7 heteroatoms. The van der Waals surface area contributed by atoms with Crippen LogP contribution in [-0.4, -0.2) is 37.3 Å². The summed E-state index contributed by atoms with van der Waals surface area (Å²) in [5, 5.41) is 7.63. The van der Waals surface area contributed by atoms with Crippen molar-refractivity contribution in [3.63, 3.8) is 0 Å². The molecular formula is C14H28N4O2S. The summed E-state index contributed by atoms with van der Waals surface area (Å²) in [5.74, 6) is 0. The summed E-state index contributed by atoms with van der Waals surface area (Å²) >= 11 is 0. The van der Waals surface area contributed by atoms with Crippen LogP contribution in [0.25, 0.3) is 0 Å². The zero-order chi connectivity index (χ0) is 16.0. The zero-order valence-electron chi connectivity index (χ0n) is 13.7. The number of sulfonamides is 1. The van der Waals surface area contributed by atoms with E-state index in [0.717, 1.165) is 32.5 Å². The van der Waals surface area contributed by atoms with E-state index in [-0.39, 0.29) is 6.04 Å². The molecule has 0 aliphatic heterocycles. The van der Waals surface area contributed by atoms with Crippen LogP contribution >= 0.6 is 0 Å². The minimum Gasteiger partial charge on any atom is -0.317 e. The predicted octanol–water partition coefficient (Wildman–Crippen LogP) is 1.58. The highest BCUT2D eigenvalue weighted by Crippen LogP contribution is 2.20. The lowest BCUT2D eigenvalue weighted by Gasteiger charge is -2.12. The van der Waals surface area contributed by atoms with E-state index in [9.17, 15) is 8.42 Å². The Labute approximate surface area is 128 Å². The maximum Gasteiger partial charge on any atom is 0.244 e. The van der Waals surface area contributed by atoms with E-state index >= 15 is 0 Å². The first-order valence-electron chi connectivity index (χ1n) is 7.60. The lowest BCUT2D eigenvalue weighted by atomic mass is 10.3. The Hall–Kier alpha value is -0.920. The lowest BCUT2D eigenvalue weighted by molar-refractivity contribution is 0.535. The minimum atomic E-state index is -3.50. The molecule has 0 bridgehead atoms. The van der Waals surface area contributed by atoms with E-state index in [1.165, 1.54) is 0 Å². The molecule has 1 rings (SSSR count). The molecular weight excluding hydrogens is 288 g/mol. The molecule has 21 heavy (non-hydrogen) atoms. The number of hydrogen-bond acceptors (Lipinski definition) is 4. The van der Waals surface area contributed by atoms with Gasteiger partial charge in [0.05, 0.1) is 11.4 Å². The van der Waals surface area contributed by atoms with Crippen LogP contribution in [0.3, 0.4) is 0 Å². The highest BCUT2D eigenvalue weighted by molar-refractivity contribution is 7.89. The molecule has 0 spiro atoms. The summed E-state index contributed by atoms with van der Waals surface area (Å²) < 4.78 is 29.4. The molecule has 0 amide bonds. The van der Waals surface area contributed by atoms with E-state index in [1.54, 1.807) is 11.6 Å². The van der Waals surface area contributed by atoms with E-state index in [2.05, 4.69) is 22.1 Å². The van der Waals surface area contributed by atoms with Gasteiger partial charge in [-0.15, -0.1) is 0 Å². The molecule has 1 unspecified atom stereocenters. The molecule has 0 aromatic carbocycles. The highest BCUT2D eigenvalue weighted by Gasteiger charge is 2.25. The van der Waals surface area contributed by atoms with E-state index in [4.69, 9.17) is 0 Å². The maximum atomic E-state index is 12.5.